The molecule has 1 aliphatic carbocycles. The molecule has 0 aromatic carbocycles. The molecule has 1 heterocycles. The summed E-state index contributed by atoms with van der Waals surface area (Å²) in [6.07, 6.45) is 8.25. The van der Waals surface area contributed by atoms with Gasteiger partial charge >= 0.3 is 0 Å². The Bertz CT molecular complexity index is 366. The number of aromatic hydroxyl groups is 1. The number of oxazole rings is 1. The van der Waals surface area contributed by atoms with Crippen molar-refractivity contribution in [2.24, 2.45) is 5.92 Å². The Balaban J connectivity index is 1.96. The van der Waals surface area contributed by atoms with Crippen LogP contribution < -0.4 is 5.32 Å². The van der Waals surface area contributed by atoms with Crippen molar-refractivity contribution in [2.45, 2.75) is 64.8 Å². The molecule has 4 heteroatoms. The zero-order valence-corrected chi connectivity index (χ0v) is 11.4. The summed E-state index contributed by atoms with van der Waals surface area (Å²) in [6.45, 7) is 4.20. The fraction of sp³-hybridized carbons (Fsp3) is 0.786. The normalized spacial score (nSPS) is 17.9. The van der Waals surface area contributed by atoms with Crippen molar-refractivity contribution in [1.29, 1.82) is 0 Å². The molecular formula is C14H24N2O2. The van der Waals surface area contributed by atoms with Crippen LogP contribution in [-0.4, -0.2) is 16.1 Å². The van der Waals surface area contributed by atoms with E-state index in [1.807, 2.05) is 0 Å². The van der Waals surface area contributed by atoms with E-state index in [9.17, 15) is 5.11 Å². The minimum absolute atomic E-state index is 0.0415. The van der Waals surface area contributed by atoms with Crippen LogP contribution in [0.2, 0.25) is 0 Å². The van der Waals surface area contributed by atoms with Crippen LogP contribution in [-0.2, 0) is 6.42 Å². The Morgan fingerprint density at radius 3 is 2.56 bits per heavy atom. The van der Waals surface area contributed by atoms with Crippen LogP contribution in [0.5, 0.6) is 5.88 Å². The lowest BCUT2D eigenvalue weighted by Gasteiger charge is -2.13. The summed E-state index contributed by atoms with van der Waals surface area (Å²) in [5.41, 5.74) is 0. The van der Waals surface area contributed by atoms with E-state index in [-0.39, 0.29) is 5.88 Å². The molecule has 0 atom stereocenters. The quantitative estimate of drug-likeness (QED) is 0.802. The summed E-state index contributed by atoms with van der Waals surface area (Å²) >= 11 is 0. The fourth-order valence-electron chi connectivity index (χ4n) is 2.51. The Kier molecular flexibility index (Phi) is 4.50. The van der Waals surface area contributed by atoms with Gasteiger partial charge in [0.1, 0.15) is 0 Å². The van der Waals surface area contributed by atoms with Gasteiger partial charge in [0.2, 0.25) is 0 Å². The summed E-state index contributed by atoms with van der Waals surface area (Å²) in [5.74, 6) is 1.09. The van der Waals surface area contributed by atoms with Gasteiger partial charge in [-0.1, -0.05) is 39.5 Å². The van der Waals surface area contributed by atoms with E-state index < -0.39 is 0 Å². The summed E-state index contributed by atoms with van der Waals surface area (Å²) in [5, 5.41) is 13.0. The molecule has 1 saturated carbocycles. The molecule has 1 fully saturated rings. The van der Waals surface area contributed by atoms with Gasteiger partial charge in [0.15, 0.2) is 5.76 Å². The van der Waals surface area contributed by atoms with Gasteiger partial charge in [-0.25, -0.2) is 0 Å². The molecule has 0 amide bonds. The molecule has 0 bridgehead atoms. The van der Waals surface area contributed by atoms with Crippen molar-refractivity contribution in [3.63, 3.8) is 0 Å². The average Bonchev–Trinajstić information content (AvgIpc) is 2.53. The molecule has 0 spiro atoms. The topological polar surface area (TPSA) is 58.3 Å². The minimum atomic E-state index is 0.0415. The van der Waals surface area contributed by atoms with Crippen LogP contribution in [0, 0.1) is 5.92 Å². The molecule has 0 aliphatic heterocycles. The highest BCUT2D eigenvalue weighted by Gasteiger charge is 2.17. The number of nitrogens with one attached hydrogen (secondary N) is 1. The molecule has 1 aliphatic rings. The Hall–Kier alpha value is -1.19. The third kappa shape index (κ3) is 3.65. The molecule has 0 saturated heterocycles. The Morgan fingerprint density at radius 2 is 1.94 bits per heavy atom. The van der Waals surface area contributed by atoms with Gasteiger partial charge in [-0.15, -0.1) is 0 Å². The van der Waals surface area contributed by atoms with Gasteiger partial charge in [-0.3, -0.25) is 0 Å². The third-order valence-electron chi connectivity index (χ3n) is 3.45. The van der Waals surface area contributed by atoms with E-state index in [4.69, 9.17) is 4.42 Å². The molecule has 1 aromatic heterocycles. The molecule has 18 heavy (non-hydrogen) atoms. The maximum atomic E-state index is 9.72. The van der Waals surface area contributed by atoms with Crippen molar-refractivity contribution in [1.82, 2.24) is 4.98 Å². The highest BCUT2D eigenvalue weighted by molar-refractivity contribution is 5.30. The van der Waals surface area contributed by atoms with Crippen LogP contribution in [0.15, 0.2) is 4.42 Å². The molecule has 2 rings (SSSR count). The van der Waals surface area contributed by atoms with Crippen LogP contribution in [0.1, 0.15) is 58.1 Å². The Morgan fingerprint density at radius 1 is 1.28 bits per heavy atom. The van der Waals surface area contributed by atoms with Crippen LogP contribution >= 0.6 is 0 Å². The second kappa shape index (κ2) is 6.12. The first-order chi connectivity index (χ1) is 8.65. The molecule has 1 aromatic rings. The maximum Gasteiger partial charge on any atom is 0.298 e. The number of hydrogen-bond acceptors (Lipinski definition) is 4. The molecular weight excluding hydrogens is 228 g/mol. The van der Waals surface area contributed by atoms with E-state index in [0.29, 0.717) is 23.7 Å². The van der Waals surface area contributed by atoms with E-state index in [1.54, 1.807) is 0 Å². The van der Waals surface area contributed by atoms with E-state index in [1.165, 1.54) is 38.5 Å². The lowest BCUT2D eigenvalue weighted by molar-refractivity contribution is 0.411. The van der Waals surface area contributed by atoms with Gasteiger partial charge in [0, 0.05) is 12.5 Å². The number of anilines is 1. The average molecular weight is 252 g/mol. The van der Waals surface area contributed by atoms with Crippen LogP contribution in [0.3, 0.4) is 0 Å². The van der Waals surface area contributed by atoms with Crippen molar-refractivity contribution in [3.05, 3.63) is 5.76 Å². The smallest absolute Gasteiger partial charge is 0.298 e. The molecule has 2 N–H and O–H groups in total. The van der Waals surface area contributed by atoms with Crippen molar-refractivity contribution < 1.29 is 9.52 Å². The molecule has 4 nitrogen and oxygen atoms in total. The van der Waals surface area contributed by atoms with Crippen molar-refractivity contribution >= 4 is 6.01 Å². The SMILES string of the molecule is CC(C)Cc1oc(NC2CCCCCC2)nc1O. The minimum Gasteiger partial charge on any atom is -0.491 e. The molecule has 0 unspecified atom stereocenters. The summed E-state index contributed by atoms with van der Waals surface area (Å²) in [7, 11) is 0. The van der Waals surface area contributed by atoms with Crippen molar-refractivity contribution in [2.75, 3.05) is 5.32 Å². The van der Waals surface area contributed by atoms with Crippen molar-refractivity contribution in [3.8, 4) is 5.88 Å². The first-order valence-electron chi connectivity index (χ1n) is 7.10. The Labute approximate surface area is 109 Å². The van der Waals surface area contributed by atoms with Gasteiger partial charge in [-0.2, -0.15) is 4.98 Å². The number of rotatable bonds is 4. The predicted octanol–water partition coefficient (Wildman–Crippen LogP) is 3.71. The number of hydrogen-bond donors (Lipinski definition) is 2. The standard InChI is InChI=1S/C14H24N2O2/c1-10(2)9-12-13(17)16-14(18-12)15-11-7-5-3-4-6-8-11/h10-11,17H,3-9H2,1-2H3,(H,15,16). The monoisotopic (exact) mass is 252 g/mol. The summed E-state index contributed by atoms with van der Waals surface area (Å²) in [6, 6.07) is 0.924. The zero-order chi connectivity index (χ0) is 13.0. The van der Waals surface area contributed by atoms with E-state index >= 15 is 0 Å². The lowest BCUT2D eigenvalue weighted by Crippen LogP contribution is -2.18. The molecule has 0 radical (unpaired) electrons. The second-order valence-electron chi connectivity index (χ2n) is 5.70. The van der Waals surface area contributed by atoms with E-state index in [0.717, 1.165) is 6.42 Å². The summed E-state index contributed by atoms with van der Waals surface area (Å²) in [4.78, 5) is 4.07. The maximum absolute atomic E-state index is 9.72. The fourth-order valence-corrected chi connectivity index (χ4v) is 2.51. The predicted molar refractivity (Wildman–Crippen MR) is 71.8 cm³/mol. The second-order valence-corrected chi connectivity index (χ2v) is 5.70. The summed E-state index contributed by atoms with van der Waals surface area (Å²) < 4.78 is 5.60. The third-order valence-corrected chi connectivity index (χ3v) is 3.45. The first kappa shape index (κ1) is 13.2. The number of nitrogens with zero attached hydrogens (tertiary/aromatic N) is 1. The van der Waals surface area contributed by atoms with Gasteiger partial charge in [0.05, 0.1) is 0 Å². The highest BCUT2D eigenvalue weighted by Crippen LogP contribution is 2.26. The number of aromatic nitrogens is 1. The lowest BCUT2D eigenvalue weighted by atomic mass is 10.1. The van der Waals surface area contributed by atoms with Crippen LogP contribution in [0.4, 0.5) is 6.01 Å². The van der Waals surface area contributed by atoms with Gasteiger partial charge < -0.3 is 14.8 Å². The molecule has 102 valence electrons. The van der Waals surface area contributed by atoms with Crippen LogP contribution in [0.25, 0.3) is 0 Å². The first-order valence-corrected chi connectivity index (χ1v) is 7.10. The largest absolute Gasteiger partial charge is 0.491 e. The van der Waals surface area contributed by atoms with Gasteiger partial charge in [-0.05, 0) is 18.8 Å². The van der Waals surface area contributed by atoms with E-state index in [2.05, 4.69) is 24.1 Å². The van der Waals surface area contributed by atoms with Gasteiger partial charge in [0.25, 0.3) is 11.9 Å². The highest BCUT2D eigenvalue weighted by atomic mass is 16.4. The zero-order valence-electron chi connectivity index (χ0n) is 11.4.